The molecule has 0 amide bonds. The second-order valence-electron chi connectivity index (χ2n) is 5.45. The second-order valence-corrected chi connectivity index (χ2v) is 5.45. The van der Waals surface area contributed by atoms with Gasteiger partial charge in [-0.1, -0.05) is 12.8 Å². The number of rotatable bonds is 2. The van der Waals surface area contributed by atoms with Crippen LogP contribution in [0.1, 0.15) is 38.5 Å². The van der Waals surface area contributed by atoms with Gasteiger partial charge in [0.05, 0.1) is 26.1 Å². The van der Waals surface area contributed by atoms with E-state index in [1.54, 1.807) is 0 Å². The molecule has 0 aromatic carbocycles. The molecular formula is C14H22O4. The number of hydrogen-bond donors (Lipinski definition) is 0. The van der Waals surface area contributed by atoms with Gasteiger partial charge in [0.25, 0.3) is 0 Å². The first-order chi connectivity index (χ1) is 8.69. The van der Waals surface area contributed by atoms with Gasteiger partial charge >= 0.3 is 11.9 Å². The highest BCUT2D eigenvalue weighted by Crippen LogP contribution is 2.47. The van der Waals surface area contributed by atoms with Crippen molar-refractivity contribution >= 4 is 11.9 Å². The van der Waals surface area contributed by atoms with Gasteiger partial charge in [-0.25, -0.2) is 0 Å². The van der Waals surface area contributed by atoms with Crippen molar-refractivity contribution in [1.29, 1.82) is 0 Å². The van der Waals surface area contributed by atoms with E-state index in [4.69, 9.17) is 9.47 Å². The second kappa shape index (κ2) is 5.72. The molecule has 0 aromatic heterocycles. The molecule has 2 fully saturated rings. The van der Waals surface area contributed by atoms with E-state index in [9.17, 15) is 9.59 Å². The quantitative estimate of drug-likeness (QED) is 0.709. The Kier molecular flexibility index (Phi) is 4.25. The first-order valence-electron chi connectivity index (χ1n) is 6.84. The van der Waals surface area contributed by atoms with E-state index < -0.39 is 0 Å². The molecule has 0 bridgehead atoms. The number of methoxy groups -OCH3 is 2. The number of carbonyl (C=O) groups excluding carboxylic acids is 2. The van der Waals surface area contributed by atoms with E-state index in [-0.39, 0.29) is 23.8 Å². The third-order valence-corrected chi connectivity index (χ3v) is 4.71. The first kappa shape index (κ1) is 13.4. The lowest BCUT2D eigenvalue weighted by Gasteiger charge is -2.43. The van der Waals surface area contributed by atoms with Crippen LogP contribution in [0.5, 0.6) is 0 Å². The molecular weight excluding hydrogens is 232 g/mol. The number of fused-ring (bicyclic) bond motifs is 1. The first-order valence-corrected chi connectivity index (χ1v) is 6.84. The van der Waals surface area contributed by atoms with Crippen LogP contribution in [-0.4, -0.2) is 26.2 Å². The fourth-order valence-electron chi connectivity index (χ4n) is 3.86. The van der Waals surface area contributed by atoms with Gasteiger partial charge in [0.2, 0.25) is 0 Å². The highest BCUT2D eigenvalue weighted by Gasteiger charge is 2.46. The van der Waals surface area contributed by atoms with Crippen LogP contribution in [0.3, 0.4) is 0 Å². The molecule has 0 heterocycles. The van der Waals surface area contributed by atoms with Crippen LogP contribution in [0.25, 0.3) is 0 Å². The summed E-state index contributed by atoms with van der Waals surface area (Å²) in [7, 11) is 2.90. The monoisotopic (exact) mass is 254 g/mol. The molecule has 4 atom stereocenters. The fourth-order valence-corrected chi connectivity index (χ4v) is 3.86. The van der Waals surface area contributed by atoms with E-state index in [0.29, 0.717) is 11.8 Å². The maximum absolute atomic E-state index is 11.8. The van der Waals surface area contributed by atoms with Gasteiger partial charge in [-0.15, -0.1) is 0 Å². The average Bonchev–Trinajstić information content (AvgIpc) is 2.44. The number of carbonyl (C=O) groups is 2. The van der Waals surface area contributed by atoms with Gasteiger partial charge in [-0.2, -0.15) is 0 Å². The summed E-state index contributed by atoms with van der Waals surface area (Å²) in [4.78, 5) is 23.7. The van der Waals surface area contributed by atoms with Crippen molar-refractivity contribution < 1.29 is 19.1 Å². The molecule has 0 spiro atoms. The highest BCUT2D eigenvalue weighted by atomic mass is 16.5. The molecule has 2 aliphatic rings. The summed E-state index contributed by atoms with van der Waals surface area (Å²) >= 11 is 0. The minimum absolute atomic E-state index is 0.0128. The maximum atomic E-state index is 11.8. The molecule has 2 rings (SSSR count). The zero-order chi connectivity index (χ0) is 13.1. The van der Waals surface area contributed by atoms with E-state index in [2.05, 4.69) is 0 Å². The minimum atomic E-state index is -0.102. The maximum Gasteiger partial charge on any atom is 0.308 e. The number of esters is 2. The van der Waals surface area contributed by atoms with Gasteiger partial charge < -0.3 is 9.47 Å². The summed E-state index contributed by atoms with van der Waals surface area (Å²) in [5.41, 5.74) is 0. The Bertz CT molecular complexity index is 294. The lowest BCUT2D eigenvalue weighted by molar-refractivity contribution is -0.160. The van der Waals surface area contributed by atoms with E-state index in [0.717, 1.165) is 38.5 Å². The van der Waals surface area contributed by atoms with Crippen molar-refractivity contribution in [3.8, 4) is 0 Å². The van der Waals surface area contributed by atoms with E-state index in [1.165, 1.54) is 14.2 Å². The third kappa shape index (κ3) is 2.38. The van der Waals surface area contributed by atoms with Crippen LogP contribution in [0, 0.1) is 23.7 Å². The average molecular weight is 254 g/mol. The number of hydrogen-bond acceptors (Lipinski definition) is 4. The molecule has 4 heteroatoms. The molecule has 2 aliphatic carbocycles. The van der Waals surface area contributed by atoms with Crippen molar-refractivity contribution in [1.82, 2.24) is 0 Å². The molecule has 0 aromatic rings. The molecule has 4 unspecified atom stereocenters. The summed E-state index contributed by atoms with van der Waals surface area (Å²) in [5, 5.41) is 0. The van der Waals surface area contributed by atoms with Gasteiger partial charge in [0.1, 0.15) is 0 Å². The van der Waals surface area contributed by atoms with Crippen LogP contribution in [0.2, 0.25) is 0 Å². The SMILES string of the molecule is COC(=O)C1CCC(C(=O)OC)C2CCCCC12. The van der Waals surface area contributed by atoms with Crippen LogP contribution >= 0.6 is 0 Å². The fraction of sp³-hybridized carbons (Fsp3) is 0.857. The predicted molar refractivity (Wildman–Crippen MR) is 65.7 cm³/mol. The van der Waals surface area contributed by atoms with Crippen LogP contribution in [0.4, 0.5) is 0 Å². The van der Waals surface area contributed by atoms with Gasteiger partial charge in [0, 0.05) is 0 Å². The Balaban J connectivity index is 2.15. The van der Waals surface area contributed by atoms with Crippen molar-refractivity contribution in [3.63, 3.8) is 0 Å². The summed E-state index contributed by atoms with van der Waals surface area (Å²) in [6.07, 6.45) is 5.90. The topological polar surface area (TPSA) is 52.6 Å². The molecule has 0 N–H and O–H groups in total. The molecule has 18 heavy (non-hydrogen) atoms. The Morgan fingerprint density at radius 1 is 0.778 bits per heavy atom. The Labute approximate surface area is 108 Å². The van der Waals surface area contributed by atoms with Gasteiger partial charge in [-0.05, 0) is 37.5 Å². The largest absolute Gasteiger partial charge is 0.469 e. The summed E-state index contributed by atoms with van der Waals surface area (Å²) in [5.74, 6) is 0.390. The van der Waals surface area contributed by atoms with E-state index >= 15 is 0 Å². The summed E-state index contributed by atoms with van der Waals surface area (Å²) in [6.45, 7) is 0. The molecule has 0 saturated heterocycles. The Morgan fingerprint density at radius 2 is 1.17 bits per heavy atom. The smallest absolute Gasteiger partial charge is 0.308 e. The van der Waals surface area contributed by atoms with Crippen LogP contribution in [-0.2, 0) is 19.1 Å². The normalized spacial score (nSPS) is 35.4. The molecule has 0 radical (unpaired) electrons. The van der Waals surface area contributed by atoms with Crippen LogP contribution < -0.4 is 0 Å². The standard InChI is InChI=1S/C14H22O4/c1-17-13(15)11-7-8-12(14(16)18-2)10-6-4-3-5-9(10)11/h9-12H,3-8H2,1-2H3. The zero-order valence-corrected chi connectivity index (χ0v) is 11.2. The molecule has 0 aliphatic heterocycles. The highest BCUT2D eigenvalue weighted by molar-refractivity contribution is 5.75. The Hall–Kier alpha value is -1.06. The minimum Gasteiger partial charge on any atom is -0.469 e. The van der Waals surface area contributed by atoms with E-state index in [1.807, 2.05) is 0 Å². The van der Waals surface area contributed by atoms with Crippen molar-refractivity contribution in [2.24, 2.45) is 23.7 Å². The van der Waals surface area contributed by atoms with Gasteiger partial charge in [0.15, 0.2) is 0 Å². The van der Waals surface area contributed by atoms with Crippen molar-refractivity contribution in [3.05, 3.63) is 0 Å². The lowest BCUT2D eigenvalue weighted by atomic mass is 9.61. The van der Waals surface area contributed by atoms with Crippen molar-refractivity contribution in [2.45, 2.75) is 38.5 Å². The predicted octanol–water partition coefficient (Wildman–Crippen LogP) is 2.17. The van der Waals surface area contributed by atoms with Crippen LogP contribution in [0.15, 0.2) is 0 Å². The zero-order valence-electron chi connectivity index (χ0n) is 11.2. The molecule has 2 saturated carbocycles. The Morgan fingerprint density at radius 3 is 1.50 bits per heavy atom. The van der Waals surface area contributed by atoms with Gasteiger partial charge in [-0.3, -0.25) is 9.59 Å². The third-order valence-electron chi connectivity index (χ3n) is 4.71. The summed E-state index contributed by atoms with van der Waals surface area (Å²) in [6, 6.07) is 0. The molecule has 4 nitrogen and oxygen atoms in total. The lowest BCUT2D eigenvalue weighted by Crippen LogP contribution is -2.43. The molecule has 102 valence electrons. The van der Waals surface area contributed by atoms with Crippen molar-refractivity contribution in [2.75, 3.05) is 14.2 Å². The number of ether oxygens (including phenoxy) is 2. The summed E-state index contributed by atoms with van der Waals surface area (Å²) < 4.78 is 9.81.